The summed E-state index contributed by atoms with van der Waals surface area (Å²) in [5.74, 6) is -1.74. The lowest BCUT2D eigenvalue weighted by Gasteiger charge is -2.48. The maximum atomic E-state index is 13.3. The second-order valence-electron chi connectivity index (χ2n) is 16.3. The van der Waals surface area contributed by atoms with Crippen LogP contribution in [0.1, 0.15) is 62.5 Å². The molecule has 0 saturated carbocycles. The van der Waals surface area contributed by atoms with Crippen molar-refractivity contribution in [3.05, 3.63) is 71.0 Å². The van der Waals surface area contributed by atoms with Gasteiger partial charge in [0, 0.05) is 103 Å². The molecule has 0 aliphatic carbocycles. The van der Waals surface area contributed by atoms with Crippen molar-refractivity contribution in [1.82, 2.24) is 39.8 Å². The lowest BCUT2D eigenvalue weighted by Crippen LogP contribution is -2.62. The Morgan fingerprint density at radius 3 is 2.32 bits per heavy atom. The molecule has 308 valence electrons. The van der Waals surface area contributed by atoms with Crippen LogP contribution in [0.4, 0.5) is 27.8 Å². The van der Waals surface area contributed by atoms with Crippen molar-refractivity contribution in [3.8, 4) is 0 Å². The van der Waals surface area contributed by atoms with Gasteiger partial charge in [-0.15, -0.1) is 0 Å². The predicted octanol–water partition coefficient (Wildman–Crippen LogP) is 1.06. The quantitative estimate of drug-likeness (QED) is 0.246. The molecule has 6 aliphatic heterocycles. The van der Waals surface area contributed by atoms with Crippen LogP contribution in [0, 0.1) is 0 Å². The summed E-state index contributed by atoms with van der Waals surface area (Å²) < 4.78 is 0. The number of nitrogens with one attached hydrogen (secondary N) is 2. The number of benzene rings is 2. The Morgan fingerprint density at radius 1 is 0.847 bits per heavy atom. The number of hydrogen-bond donors (Lipinski definition) is 3. The van der Waals surface area contributed by atoms with E-state index in [0.29, 0.717) is 48.4 Å². The molecule has 5 saturated heterocycles. The molecule has 2 aromatic carbocycles. The van der Waals surface area contributed by atoms with Gasteiger partial charge in [0.05, 0.1) is 23.4 Å². The predicted molar refractivity (Wildman–Crippen MR) is 216 cm³/mol. The van der Waals surface area contributed by atoms with E-state index in [-0.39, 0.29) is 30.6 Å². The van der Waals surface area contributed by atoms with E-state index in [1.54, 1.807) is 23.2 Å². The van der Waals surface area contributed by atoms with E-state index in [2.05, 4.69) is 47.3 Å². The molecule has 5 fully saturated rings. The standard InChI is InChI=1S/C41H48N12O6/c1-47-13-18-52(41(47)59)28-3-2-12-51(24-28)33-20-43-35(36(42)55)37(45-33)44-26-5-7-27(8-6-26)49-14-16-50(17-15-49)29-22-48(23-29)21-25-4-9-30-31(19-25)40(58)53(39(30)57)32-10-11-34(54)46-38(32)56/h4-9,19-20,28-29,32H,2-3,10-18,21-24H2,1H3,(H2,42,55)(H,44,45)(H,46,54,56)/t28-,32?/m1/s1. The van der Waals surface area contributed by atoms with Crippen LogP contribution in [-0.4, -0.2) is 161 Å². The van der Waals surface area contributed by atoms with Gasteiger partial charge in [-0.2, -0.15) is 0 Å². The number of piperazine rings is 1. The van der Waals surface area contributed by atoms with E-state index in [0.717, 1.165) is 87.0 Å². The summed E-state index contributed by atoms with van der Waals surface area (Å²) >= 11 is 0. The molecule has 18 nitrogen and oxygen atoms in total. The highest BCUT2D eigenvalue weighted by Crippen LogP contribution is 2.31. The number of nitrogens with zero attached hydrogens (tertiary/aromatic N) is 9. The second-order valence-corrected chi connectivity index (χ2v) is 16.3. The second kappa shape index (κ2) is 15.6. The molecule has 1 aromatic heterocycles. The molecule has 0 radical (unpaired) electrons. The number of fused-ring (bicyclic) bond motifs is 1. The lowest BCUT2D eigenvalue weighted by molar-refractivity contribution is -0.136. The number of imide groups is 2. The molecular weight excluding hydrogens is 757 g/mol. The minimum atomic E-state index is -0.976. The number of carbonyl (C=O) groups excluding carboxylic acids is 6. The average Bonchev–Trinajstić information content (AvgIpc) is 3.69. The molecule has 6 aliphatic rings. The number of hydrogen-bond acceptors (Lipinski definition) is 13. The van der Waals surface area contributed by atoms with Crippen molar-refractivity contribution >= 4 is 58.6 Å². The van der Waals surface area contributed by atoms with E-state index in [1.807, 2.05) is 30.1 Å². The van der Waals surface area contributed by atoms with Gasteiger partial charge in [0.1, 0.15) is 11.9 Å². The van der Waals surface area contributed by atoms with Crippen molar-refractivity contribution in [1.29, 1.82) is 0 Å². The van der Waals surface area contributed by atoms with E-state index < -0.39 is 35.6 Å². The van der Waals surface area contributed by atoms with Gasteiger partial charge in [0.15, 0.2) is 11.5 Å². The topological polar surface area (TPSA) is 201 Å². The Balaban J connectivity index is 0.761. The smallest absolute Gasteiger partial charge is 0.320 e. The van der Waals surface area contributed by atoms with Crippen molar-refractivity contribution in [2.75, 3.05) is 87.6 Å². The van der Waals surface area contributed by atoms with Crippen LogP contribution in [0.5, 0.6) is 0 Å². The van der Waals surface area contributed by atoms with Crippen molar-refractivity contribution in [2.24, 2.45) is 5.73 Å². The van der Waals surface area contributed by atoms with Crippen molar-refractivity contribution < 1.29 is 28.8 Å². The van der Waals surface area contributed by atoms with Crippen LogP contribution in [0.15, 0.2) is 48.7 Å². The number of amides is 7. The Kier molecular flexibility index (Phi) is 10.1. The molecule has 0 spiro atoms. The van der Waals surface area contributed by atoms with Gasteiger partial charge in [-0.3, -0.25) is 44.0 Å². The largest absolute Gasteiger partial charge is 0.369 e. The number of rotatable bonds is 10. The minimum Gasteiger partial charge on any atom is -0.369 e. The van der Waals surface area contributed by atoms with Gasteiger partial charge < -0.3 is 30.7 Å². The molecule has 7 heterocycles. The first-order chi connectivity index (χ1) is 28.5. The lowest BCUT2D eigenvalue weighted by atomic mass is 10.0. The summed E-state index contributed by atoms with van der Waals surface area (Å²) in [6.45, 7) is 8.91. The number of aromatic nitrogens is 2. The highest BCUT2D eigenvalue weighted by molar-refractivity contribution is 6.23. The van der Waals surface area contributed by atoms with E-state index in [9.17, 15) is 28.8 Å². The van der Waals surface area contributed by atoms with Gasteiger partial charge in [0.25, 0.3) is 17.7 Å². The molecule has 59 heavy (non-hydrogen) atoms. The molecule has 4 N–H and O–H groups in total. The molecule has 18 heteroatoms. The number of urea groups is 1. The third-order valence-corrected chi connectivity index (χ3v) is 12.6. The van der Waals surface area contributed by atoms with Crippen LogP contribution in [0.25, 0.3) is 0 Å². The monoisotopic (exact) mass is 804 g/mol. The SMILES string of the molecule is CN1CCN([C@@H]2CCCN(c3cnc(C(N)=O)c(Nc4ccc(N5CCN(C6CN(Cc7ccc8c(c7)C(=O)N(C7CCC(=O)NC7=O)C8=O)C6)CC5)cc4)n3)C2)C1=O. The summed E-state index contributed by atoms with van der Waals surface area (Å²) in [4.78, 5) is 98.6. The Bertz CT molecular complexity index is 2200. The van der Waals surface area contributed by atoms with Gasteiger partial charge in [-0.05, 0) is 61.2 Å². The first-order valence-electron chi connectivity index (χ1n) is 20.4. The first-order valence-corrected chi connectivity index (χ1v) is 20.4. The van der Waals surface area contributed by atoms with Gasteiger partial charge in [-0.1, -0.05) is 6.07 Å². The number of anilines is 4. The van der Waals surface area contributed by atoms with Crippen molar-refractivity contribution in [3.63, 3.8) is 0 Å². The summed E-state index contributed by atoms with van der Waals surface area (Å²) in [7, 11) is 1.83. The highest BCUT2D eigenvalue weighted by Gasteiger charge is 2.45. The highest BCUT2D eigenvalue weighted by atomic mass is 16.2. The number of likely N-dealkylation sites (tertiary alicyclic amines) is 1. The maximum absolute atomic E-state index is 13.3. The van der Waals surface area contributed by atoms with E-state index in [4.69, 9.17) is 10.7 Å². The number of primary amides is 1. The number of nitrogens with two attached hydrogens (primary N) is 1. The maximum Gasteiger partial charge on any atom is 0.320 e. The summed E-state index contributed by atoms with van der Waals surface area (Å²) in [5.41, 5.74) is 9.14. The fourth-order valence-corrected chi connectivity index (χ4v) is 9.24. The normalized spacial score (nSPS) is 23.2. The fraction of sp³-hybridized carbons (Fsp3) is 0.463. The molecule has 7 amide bonds. The van der Waals surface area contributed by atoms with Crippen molar-refractivity contribution in [2.45, 2.75) is 50.4 Å². The summed E-state index contributed by atoms with van der Waals surface area (Å²) in [6.07, 6.45) is 3.64. The van der Waals surface area contributed by atoms with Crippen LogP contribution >= 0.6 is 0 Å². The first kappa shape index (κ1) is 38.4. The molecular formula is C41H48N12O6. The van der Waals surface area contributed by atoms with Crippen LogP contribution in [0.3, 0.4) is 0 Å². The molecule has 0 bridgehead atoms. The molecule has 9 rings (SSSR count). The van der Waals surface area contributed by atoms with Gasteiger partial charge >= 0.3 is 6.03 Å². The van der Waals surface area contributed by atoms with Gasteiger partial charge in [0.2, 0.25) is 11.8 Å². The van der Waals surface area contributed by atoms with Gasteiger partial charge in [-0.25, -0.2) is 14.8 Å². The fourth-order valence-electron chi connectivity index (χ4n) is 9.24. The molecule has 3 aromatic rings. The zero-order valence-corrected chi connectivity index (χ0v) is 33.0. The minimum absolute atomic E-state index is 0.0557. The summed E-state index contributed by atoms with van der Waals surface area (Å²) in [5, 5.41) is 5.51. The zero-order chi connectivity index (χ0) is 40.9. The number of likely N-dealkylation sites (N-methyl/N-ethyl adjacent to an activating group) is 1. The third-order valence-electron chi connectivity index (χ3n) is 12.6. The summed E-state index contributed by atoms with van der Waals surface area (Å²) in [6, 6.07) is 12.9. The zero-order valence-electron chi connectivity index (χ0n) is 33.0. The van der Waals surface area contributed by atoms with E-state index >= 15 is 0 Å². The van der Waals surface area contributed by atoms with Crippen LogP contribution in [0.2, 0.25) is 0 Å². The van der Waals surface area contributed by atoms with E-state index in [1.165, 1.54) is 0 Å². The number of carbonyl (C=O) groups is 6. The molecule has 2 atom stereocenters. The Morgan fingerprint density at radius 2 is 1.61 bits per heavy atom. The van der Waals surface area contributed by atoms with Crippen LogP contribution < -0.4 is 26.2 Å². The number of piperidine rings is 2. The Hall–Kier alpha value is -6.14. The molecule has 1 unspecified atom stereocenters. The average molecular weight is 805 g/mol. The third kappa shape index (κ3) is 7.41. The Labute approximate surface area is 341 Å². The van der Waals surface area contributed by atoms with Crippen LogP contribution in [-0.2, 0) is 16.1 Å².